The lowest BCUT2D eigenvalue weighted by Gasteiger charge is -2.14. The lowest BCUT2D eigenvalue weighted by molar-refractivity contribution is 0.0953. The SMILES string of the molecule is CN(CCCCCO)Cc1cc(C(=O)NN)co1. The Morgan fingerprint density at radius 2 is 2.28 bits per heavy atom. The van der Waals surface area contributed by atoms with Crippen LogP contribution >= 0.6 is 0 Å². The summed E-state index contributed by atoms with van der Waals surface area (Å²) in [5.41, 5.74) is 2.49. The summed E-state index contributed by atoms with van der Waals surface area (Å²) in [5, 5.41) is 8.67. The van der Waals surface area contributed by atoms with E-state index >= 15 is 0 Å². The molecule has 0 atom stereocenters. The maximum atomic E-state index is 11.2. The highest BCUT2D eigenvalue weighted by Gasteiger charge is 2.10. The topological polar surface area (TPSA) is 91.7 Å². The quantitative estimate of drug-likeness (QED) is 0.272. The summed E-state index contributed by atoms with van der Waals surface area (Å²) in [4.78, 5) is 13.3. The van der Waals surface area contributed by atoms with Crippen LogP contribution < -0.4 is 11.3 Å². The highest BCUT2D eigenvalue weighted by Crippen LogP contribution is 2.10. The average Bonchev–Trinajstić information content (AvgIpc) is 2.82. The maximum absolute atomic E-state index is 11.2. The van der Waals surface area contributed by atoms with Gasteiger partial charge in [0.2, 0.25) is 0 Å². The number of nitrogen functional groups attached to an aromatic ring is 1. The van der Waals surface area contributed by atoms with E-state index in [1.165, 1.54) is 6.26 Å². The fourth-order valence-corrected chi connectivity index (χ4v) is 1.68. The van der Waals surface area contributed by atoms with Crippen LogP contribution in [0.25, 0.3) is 0 Å². The van der Waals surface area contributed by atoms with Gasteiger partial charge < -0.3 is 9.52 Å². The van der Waals surface area contributed by atoms with Gasteiger partial charge in [-0.2, -0.15) is 0 Å². The van der Waals surface area contributed by atoms with Gasteiger partial charge in [0.25, 0.3) is 5.91 Å². The molecule has 0 radical (unpaired) electrons. The van der Waals surface area contributed by atoms with Gasteiger partial charge in [-0.25, -0.2) is 5.84 Å². The third kappa shape index (κ3) is 4.87. The van der Waals surface area contributed by atoms with Crippen LogP contribution in [0.3, 0.4) is 0 Å². The van der Waals surface area contributed by atoms with Gasteiger partial charge in [0, 0.05) is 6.61 Å². The molecule has 0 aliphatic heterocycles. The molecule has 0 unspecified atom stereocenters. The first-order chi connectivity index (χ1) is 8.67. The number of aliphatic hydroxyl groups excluding tert-OH is 1. The van der Waals surface area contributed by atoms with Gasteiger partial charge in [0.15, 0.2) is 0 Å². The third-order valence-electron chi connectivity index (χ3n) is 2.67. The maximum Gasteiger partial charge on any atom is 0.268 e. The number of aliphatic hydroxyl groups is 1. The molecule has 0 fully saturated rings. The van der Waals surface area contributed by atoms with E-state index in [0.29, 0.717) is 12.1 Å². The second kappa shape index (κ2) is 7.86. The second-order valence-corrected chi connectivity index (χ2v) is 4.30. The minimum atomic E-state index is -0.351. The van der Waals surface area contributed by atoms with E-state index in [0.717, 1.165) is 31.6 Å². The first-order valence-corrected chi connectivity index (χ1v) is 6.05. The number of hydrogen-bond acceptors (Lipinski definition) is 5. The predicted molar refractivity (Wildman–Crippen MR) is 67.6 cm³/mol. The molecule has 6 nitrogen and oxygen atoms in total. The number of nitrogens with one attached hydrogen (secondary N) is 1. The van der Waals surface area contributed by atoms with E-state index in [1.54, 1.807) is 6.07 Å². The largest absolute Gasteiger partial charge is 0.467 e. The molecule has 0 aliphatic carbocycles. The molecule has 1 rings (SSSR count). The number of unbranched alkanes of at least 4 members (excludes halogenated alkanes) is 2. The second-order valence-electron chi connectivity index (χ2n) is 4.30. The van der Waals surface area contributed by atoms with E-state index in [2.05, 4.69) is 10.3 Å². The average molecular weight is 255 g/mol. The number of rotatable bonds is 8. The molecular weight excluding hydrogens is 234 g/mol. The molecule has 1 aromatic heterocycles. The molecule has 102 valence electrons. The Morgan fingerprint density at radius 1 is 1.50 bits per heavy atom. The molecule has 0 spiro atoms. The Kier molecular flexibility index (Phi) is 6.42. The summed E-state index contributed by atoms with van der Waals surface area (Å²) in [6.45, 7) is 1.83. The third-order valence-corrected chi connectivity index (χ3v) is 2.67. The van der Waals surface area contributed by atoms with E-state index < -0.39 is 0 Å². The van der Waals surface area contributed by atoms with E-state index in [-0.39, 0.29) is 12.5 Å². The van der Waals surface area contributed by atoms with Gasteiger partial charge in [-0.1, -0.05) is 0 Å². The molecule has 0 saturated heterocycles. The molecule has 0 bridgehead atoms. The number of furan rings is 1. The summed E-state index contributed by atoms with van der Waals surface area (Å²) in [6, 6.07) is 1.69. The highest BCUT2D eigenvalue weighted by atomic mass is 16.3. The Bertz CT molecular complexity index is 365. The molecule has 0 saturated carbocycles. The van der Waals surface area contributed by atoms with Crippen molar-refractivity contribution < 1.29 is 14.3 Å². The van der Waals surface area contributed by atoms with Gasteiger partial charge >= 0.3 is 0 Å². The van der Waals surface area contributed by atoms with Crippen LogP contribution in [0.4, 0.5) is 0 Å². The molecule has 0 aromatic carbocycles. The van der Waals surface area contributed by atoms with Crippen molar-refractivity contribution in [1.82, 2.24) is 10.3 Å². The van der Waals surface area contributed by atoms with Crippen LogP contribution in [-0.4, -0.2) is 36.1 Å². The monoisotopic (exact) mass is 255 g/mol. The highest BCUT2D eigenvalue weighted by molar-refractivity contribution is 5.93. The fourth-order valence-electron chi connectivity index (χ4n) is 1.68. The standard InChI is InChI=1S/C12H21N3O3/c1-15(5-3-2-4-6-16)8-11-7-10(9-18-11)12(17)14-13/h7,9,16H,2-6,8,13H2,1H3,(H,14,17). The molecule has 18 heavy (non-hydrogen) atoms. The number of hydrogen-bond donors (Lipinski definition) is 3. The van der Waals surface area contributed by atoms with E-state index in [4.69, 9.17) is 15.4 Å². The number of carbonyl (C=O) groups excluding carboxylic acids is 1. The Hall–Kier alpha value is -1.37. The van der Waals surface area contributed by atoms with Crippen molar-refractivity contribution in [3.8, 4) is 0 Å². The van der Waals surface area contributed by atoms with Crippen LogP contribution in [0.1, 0.15) is 35.4 Å². The number of nitrogens with zero attached hydrogens (tertiary/aromatic N) is 1. The van der Waals surface area contributed by atoms with Crippen molar-refractivity contribution in [2.24, 2.45) is 5.84 Å². The van der Waals surface area contributed by atoms with Gasteiger partial charge in [-0.05, 0) is 38.9 Å². The molecule has 0 aliphatic rings. The van der Waals surface area contributed by atoms with E-state index in [9.17, 15) is 4.79 Å². The summed E-state index contributed by atoms with van der Waals surface area (Å²) < 4.78 is 5.29. The summed E-state index contributed by atoms with van der Waals surface area (Å²) in [6.07, 6.45) is 4.29. The van der Waals surface area contributed by atoms with Crippen molar-refractivity contribution in [2.75, 3.05) is 20.2 Å². The van der Waals surface area contributed by atoms with Gasteiger partial charge in [-0.15, -0.1) is 0 Å². The molecule has 1 aromatic rings. The molecule has 1 heterocycles. The Labute approximate surface area is 107 Å². The Balaban J connectivity index is 2.33. The first-order valence-electron chi connectivity index (χ1n) is 6.05. The van der Waals surface area contributed by atoms with Crippen LogP contribution in [0.2, 0.25) is 0 Å². The summed E-state index contributed by atoms with van der Waals surface area (Å²) >= 11 is 0. The molecule has 1 amide bonds. The van der Waals surface area contributed by atoms with Crippen molar-refractivity contribution in [3.63, 3.8) is 0 Å². The minimum absolute atomic E-state index is 0.249. The zero-order chi connectivity index (χ0) is 13.4. The molecule has 6 heteroatoms. The molecule has 4 N–H and O–H groups in total. The Morgan fingerprint density at radius 3 is 2.94 bits per heavy atom. The van der Waals surface area contributed by atoms with Gasteiger partial charge in [0.1, 0.15) is 12.0 Å². The first kappa shape index (κ1) is 14.7. The van der Waals surface area contributed by atoms with Crippen LogP contribution in [0, 0.1) is 0 Å². The van der Waals surface area contributed by atoms with Crippen LogP contribution in [0.5, 0.6) is 0 Å². The number of hydrazine groups is 1. The lowest BCUT2D eigenvalue weighted by Crippen LogP contribution is -2.29. The van der Waals surface area contributed by atoms with Crippen LogP contribution in [0.15, 0.2) is 16.7 Å². The van der Waals surface area contributed by atoms with Crippen LogP contribution in [-0.2, 0) is 6.54 Å². The number of carbonyl (C=O) groups is 1. The predicted octanol–water partition coefficient (Wildman–Crippen LogP) is 0.478. The van der Waals surface area contributed by atoms with Crippen molar-refractivity contribution >= 4 is 5.91 Å². The van der Waals surface area contributed by atoms with Gasteiger partial charge in [0.05, 0.1) is 12.1 Å². The smallest absolute Gasteiger partial charge is 0.268 e. The van der Waals surface area contributed by atoms with Crippen molar-refractivity contribution in [3.05, 3.63) is 23.7 Å². The minimum Gasteiger partial charge on any atom is -0.467 e. The van der Waals surface area contributed by atoms with Crippen molar-refractivity contribution in [2.45, 2.75) is 25.8 Å². The zero-order valence-corrected chi connectivity index (χ0v) is 10.7. The fraction of sp³-hybridized carbons (Fsp3) is 0.583. The zero-order valence-electron chi connectivity index (χ0n) is 10.7. The normalized spacial score (nSPS) is 10.9. The lowest BCUT2D eigenvalue weighted by atomic mass is 10.2. The summed E-state index contributed by atoms with van der Waals surface area (Å²) in [7, 11) is 1.99. The van der Waals surface area contributed by atoms with Crippen molar-refractivity contribution in [1.29, 1.82) is 0 Å². The summed E-state index contributed by atoms with van der Waals surface area (Å²) in [5.74, 6) is 5.42. The molecular formula is C12H21N3O3. The number of amides is 1. The van der Waals surface area contributed by atoms with E-state index in [1.807, 2.05) is 7.05 Å². The van der Waals surface area contributed by atoms with Gasteiger partial charge in [-0.3, -0.25) is 15.1 Å². The number of nitrogens with two attached hydrogens (primary N) is 1.